The SMILES string of the molecule is CO[C@@]1(c2cc(F)cc(Sc3ccc(C(C)=O)cc3)c2)CCO[C@@H](C)C1. The van der Waals surface area contributed by atoms with Gasteiger partial charge < -0.3 is 9.47 Å². The molecule has 0 spiro atoms. The van der Waals surface area contributed by atoms with E-state index in [4.69, 9.17) is 9.47 Å². The number of halogens is 1. The predicted molar refractivity (Wildman–Crippen MR) is 100 cm³/mol. The van der Waals surface area contributed by atoms with Gasteiger partial charge in [-0.25, -0.2) is 4.39 Å². The molecule has 26 heavy (non-hydrogen) atoms. The molecular weight excluding hydrogens is 351 g/mol. The van der Waals surface area contributed by atoms with Gasteiger partial charge in [-0.2, -0.15) is 0 Å². The van der Waals surface area contributed by atoms with E-state index < -0.39 is 5.60 Å². The average Bonchev–Trinajstić information content (AvgIpc) is 2.61. The van der Waals surface area contributed by atoms with Crippen LogP contribution in [0, 0.1) is 5.82 Å². The number of hydrogen-bond donors (Lipinski definition) is 0. The van der Waals surface area contributed by atoms with E-state index in [9.17, 15) is 9.18 Å². The van der Waals surface area contributed by atoms with Crippen LogP contribution in [0.5, 0.6) is 0 Å². The van der Waals surface area contributed by atoms with Crippen molar-refractivity contribution in [1.29, 1.82) is 0 Å². The summed E-state index contributed by atoms with van der Waals surface area (Å²) in [6.07, 6.45) is 1.47. The zero-order valence-corrected chi connectivity index (χ0v) is 16.1. The molecule has 0 amide bonds. The van der Waals surface area contributed by atoms with Gasteiger partial charge in [0.25, 0.3) is 0 Å². The Morgan fingerprint density at radius 2 is 1.96 bits per heavy atom. The second kappa shape index (κ2) is 7.91. The summed E-state index contributed by atoms with van der Waals surface area (Å²) in [6.45, 7) is 4.15. The van der Waals surface area contributed by atoms with E-state index in [0.29, 0.717) is 25.0 Å². The van der Waals surface area contributed by atoms with E-state index in [1.54, 1.807) is 32.2 Å². The number of ether oxygens (including phenoxy) is 2. The first-order valence-corrected chi connectivity index (χ1v) is 9.50. The number of ketones is 1. The van der Waals surface area contributed by atoms with Crippen molar-refractivity contribution in [2.45, 2.75) is 48.2 Å². The topological polar surface area (TPSA) is 35.5 Å². The van der Waals surface area contributed by atoms with Crippen molar-refractivity contribution in [2.75, 3.05) is 13.7 Å². The Labute approximate surface area is 157 Å². The quantitative estimate of drug-likeness (QED) is 0.672. The first-order chi connectivity index (χ1) is 12.4. The highest BCUT2D eigenvalue weighted by molar-refractivity contribution is 7.99. The molecule has 1 saturated heterocycles. The second-order valence-corrected chi connectivity index (χ2v) is 7.84. The van der Waals surface area contributed by atoms with Crippen molar-refractivity contribution in [2.24, 2.45) is 0 Å². The van der Waals surface area contributed by atoms with Gasteiger partial charge in [0.15, 0.2) is 5.78 Å². The highest BCUT2D eigenvalue weighted by Crippen LogP contribution is 2.40. The van der Waals surface area contributed by atoms with Gasteiger partial charge in [-0.15, -0.1) is 0 Å². The molecule has 5 heteroatoms. The van der Waals surface area contributed by atoms with Gasteiger partial charge in [0.2, 0.25) is 0 Å². The van der Waals surface area contributed by atoms with Crippen molar-refractivity contribution < 1.29 is 18.7 Å². The average molecular weight is 374 g/mol. The second-order valence-electron chi connectivity index (χ2n) is 6.69. The molecule has 0 N–H and O–H groups in total. The summed E-state index contributed by atoms with van der Waals surface area (Å²) < 4.78 is 25.8. The maximum Gasteiger partial charge on any atom is 0.159 e. The van der Waals surface area contributed by atoms with Gasteiger partial charge in [0, 0.05) is 35.3 Å². The van der Waals surface area contributed by atoms with Gasteiger partial charge in [0.05, 0.1) is 18.3 Å². The Balaban J connectivity index is 1.88. The van der Waals surface area contributed by atoms with Gasteiger partial charge in [0.1, 0.15) is 5.82 Å². The fourth-order valence-electron chi connectivity index (χ4n) is 3.39. The minimum absolute atomic E-state index is 0.0327. The Morgan fingerprint density at radius 1 is 1.23 bits per heavy atom. The van der Waals surface area contributed by atoms with Crippen LogP contribution >= 0.6 is 11.8 Å². The molecule has 138 valence electrons. The molecule has 0 unspecified atom stereocenters. The number of carbonyl (C=O) groups is 1. The van der Waals surface area contributed by atoms with Crippen LogP contribution in [0.2, 0.25) is 0 Å². The summed E-state index contributed by atoms with van der Waals surface area (Å²) in [5, 5.41) is 0. The lowest BCUT2D eigenvalue weighted by Gasteiger charge is -2.39. The van der Waals surface area contributed by atoms with E-state index in [2.05, 4.69) is 0 Å². The maximum atomic E-state index is 14.3. The van der Waals surface area contributed by atoms with Crippen LogP contribution in [0.3, 0.4) is 0 Å². The van der Waals surface area contributed by atoms with E-state index in [1.165, 1.54) is 17.8 Å². The summed E-state index contributed by atoms with van der Waals surface area (Å²) in [5.74, 6) is -0.244. The standard InChI is InChI=1S/C21H23FO3S/c1-14-13-21(24-3,8-9-25-14)17-10-18(22)12-20(11-17)26-19-6-4-16(5-7-19)15(2)23/h4-7,10-12,14H,8-9,13H2,1-3H3/t14-,21-/m0/s1. The Kier molecular flexibility index (Phi) is 5.80. The van der Waals surface area contributed by atoms with Crippen LogP contribution in [0.1, 0.15) is 42.6 Å². The summed E-state index contributed by atoms with van der Waals surface area (Å²) in [7, 11) is 1.68. The molecule has 1 aliphatic rings. The van der Waals surface area contributed by atoms with E-state index in [1.807, 2.05) is 25.1 Å². The molecule has 3 nitrogen and oxygen atoms in total. The summed E-state index contributed by atoms with van der Waals surface area (Å²) in [4.78, 5) is 13.2. The lowest BCUT2D eigenvalue weighted by molar-refractivity contribution is -0.122. The summed E-state index contributed by atoms with van der Waals surface area (Å²) in [6, 6.07) is 12.4. The van der Waals surface area contributed by atoms with Gasteiger partial charge in [-0.05, 0) is 49.7 Å². The molecule has 0 radical (unpaired) electrons. The maximum absolute atomic E-state index is 14.3. The molecule has 0 aromatic heterocycles. The van der Waals surface area contributed by atoms with E-state index in [-0.39, 0.29) is 17.7 Å². The van der Waals surface area contributed by atoms with Gasteiger partial charge >= 0.3 is 0 Å². The normalized spacial score (nSPS) is 23.0. The van der Waals surface area contributed by atoms with E-state index in [0.717, 1.165) is 15.4 Å². The summed E-state index contributed by atoms with van der Waals surface area (Å²) in [5.41, 5.74) is 0.995. The van der Waals surface area contributed by atoms with Crippen LogP contribution < -0.4 is 0 Å². The zero-order valence-electron chi connectivity index (χ0n) is 15.3. The van der Waals surface area contributed by atoms with E-state index >= 15 is 0 Å². The van der Waals surface area contributed by atoms with Crippen molar-refractivity contribution in [3.63, 3.8) is 0 Å². The molecule has 2 aromatic carbocycles. The number of carbonyl (C=O) groups excluding carboxylic acids is 1. The third-order valence-corrected chi connectivity index (χ3v) is 5.79. The van der Waals surface area contributed by atoms with Crippen LogP contribution in [0.4, 0.5) is 4.39 Å². The lowest BCUT2D eigenvalue weighted by atomic mass is 9.83. The third kappa shape index (κ3) is 4.17. The number of rotatable bonds is 5. The number of methoxy groups -OCH3 is 1. The molecule has 0 saturated carbocycles. The molecule has 2 aromatic rings. The van der Waals surface area contributed by atoms with Crippen molar-refractivity contribution >= 4 is 17.5 Å². The fourth-order valence-corrected chi connectivity index (χ4v) is 4.30. The van der Waals surface area contributed by atoms with Crippen LogP contribution in [-0.2, 0) is 15.1 Å². The number of Topliss-reactive ketones (excluding diaryl/α,β-unsaturated/α-hetero) is 1. The van der Waals surface area contributed by atoms with Gasteiger partial charge in [-0.3, -0.25) is 4.79 Å². The molecular formula is C21H23FO3S. The molecule has 0 bridgehead atoms. The number of benzene rings is 2. The van der Waals surface area contributed by atoms with Gasteiger partial charge in [-0.1, -0.05) is 23.9 Å². The molecule has 0 aliphatic carbocycles. The van der Waals surface area contributed by atoms with Crippen LogP contribution in [0.25, 0.3) is 0 Å². The predicted octanol–water partition coefficient (Wildman–Crippen LogP) is 5.22. The largest absolute Gasteiger partial charge is 0.378 e. The van der Waals surface area contributed by atoms with Crippen molar-refractivity contribution in [3.05, 3.63) is 59.4 Å². The highest BCUT2D eigenvalue weighted by Gasteiger charge is 2.38. The molecule has 1 heterocycles. The summed E-state index contributed by atoms with van der Waals surface area (Å²) >= 11 is 1.47. The highest BCUT2D eigenvalue weighted by atomic mass is 32.2. The Hall–Kier alpha value is -1.69. The zero-order chi connectivity index (χ0) is 18.7. The Morgan fingerprint density at radius 3 is 2.58 bits per heavy atom. The first-order valence-electron chi connectivity index (χ1n) is 8.68. The van der Waals surface area contributed by atoms with Crippen molar-refractivity contribution in [1.82, 2.24) is 0 Å². The number of hydrogen-bond acceptors (Lipinski definition) is 4. The van der Waals surface area contributed by atoms with Crippen LogP contribution in [0.15, 0.2) is 52.3 Å². The molecule has 1 fully saturated rings. The first kappa shape index (κ1) is 19.1. The van der Waals surface area contributed by atoms with Crippen LogP contribution in [-0.4, -0.2) is 25.6 Å². The lowest BCUT2D eigenvalue weighted by Crippen LogP contribution is -2.39. The molecule has 3 rings (SSSR count). The van der Waals surface area contributed by atoms with Crippen molar-refractivity contribution in [3.8, 4) is 0 Å². The minimum Gasteiger partial charge on any atom is -0.378 e. The smallest absolute Gasteiger partial charge is 0.159 e. The molecule has 2 atom stereocenters. The third-order valence-electron chi connectivity index (χ3n) is 4.81. The molecule has 1 aliphatic heterocycles. The monoisotopic (exact) mass is 374 g/mol. The Bertz CT molecular complexity index is 790. The minimum atomic E-state index is -0.520. The fraction of sp³-hybridized carbons (Fsp3) is 0.381.